The standard InChI is InChI=1S/C16H22N2O4/c1-2-3-15(21)17-12-4-6-18(7-5-12)16(22)11-8-13(19)10-14(20)9-11/h8-10,12,19-20H,2-7H2,1H3,(H,17,21). The number of aromatic hydroxyl groups is 2. The molecule has 22 heavy (non-hydrogen) atoms. The zero-order valence-electron chi connectivity index (χ0n) is 12.7. The van der Waals surface area contributed by atoms with Crippen molar-refractivity contribution in [1.82, 2.24) is 10.2 Å². The molecule has 1 aromatic carbocycles. The van der Waals surface area contributed by atoms with Crippen molar-refractivity contribution in [2.75, 3.05) is 13.1 Å². The lowest BCUT2D eigenvalue weighted by atomic mass is 10.0. The Hall–Kier alpha value is -2.24. The van der Waals surface area contributed by atoms with Gasteiger partial charge in [0.15, 0.2) is 0 Å². The molecule has 0 aromatic heterocycles. The number of amides is 2. The Morgan fingerprint density at radius 3 is 2.32 bits per heavy atom. The largest absolute Gasteiger partial charge is 0.508 e. The first kappa shape index (κ1) is 16.1. The molecule has 0 saturated carbocycles. The molecule has 6 nitrogen and oxygen atoms in total. The average molecular weight is 306 g/mol. The molecule has 1 saturated heterocycles. The third-order valence-electron chi connectivity index (χ3n) is 3.77. The van der Waals surface area contributed by atoms with Crippen LogP contribution in [0.1, 0.15) is 43.0 Å². The highest BCUT2D eigenvalue weighted by Gasteiger charge is 2.24. The average Bonchev–Trinajstić information content (AvgIpc) is 2.46. The maximum atomic E-state index is 12.4. The summed E-state index contributed by atoms with van der Waals surface area (Å²) >= 11 is 0. The molecule has 2 rings (SSSR count). The van der Waals surface area contributed by atoms with Gasteiger partial charge in [-0.25, -0.2) is 0 Å². The highest BCUT2D eigenvalue weighted by molar-refractivity contribution is 5.95. The van der Waals surface area contributed by atoms with Gasteiger partial charge in [-0.1, -0.05) is 6.92 Å². The molecule has 1 fully saturated rings. The fraction of sp³-hybridized carbons (Fsp3) is 0.500. The summed E-state index contributed by atoms with van der Waals surface area (Å²) in [6.07, 6.45) is 2.78. The van der Waals surface area contributed by atoms with Gasteiger partial charge in [-0.2, -0.15) is 0 Å². The second-order valence-corrected chi connectivity index (χ2v) is 5.62. The lowest BCUT2D eigenvalue weighted by molar-refractivity contribution is -0.122. The van der Waals surface area contributed by atoms with Gasteiger partial charge >= 0.3 is 0 Å². The molecule has 3 N–H and O–H groups in total. The van der Waals surface area contributed by atoms with Crippen LogP contribution >= 0.6 is 0 Å². The number of nitrogens with one attached hydrogen (secondary N) is 1. The van der Waals surface area contributed by atoms with E-state index in [-0.39, 0.29) is 34.9 Å². The number of phenolic OH excluding ortho intramolecular Hbond substituents is 2. The highest BCUT2D eigenvalue weighted by atomic mass is 16.3. The summed E-state index contributed by atoms with van der Waals surface area (Å²) in [4.78, 5) is 25.6. The van der Waals surface area contributed by atoms with Gasteiger partial charge in [0.05, 0.1) is 0 Å². The molecular weight excluding hydrogens is 284 g/mol. The van der Waals surface area contributed by atoms with Crippen molar-refractivity contribution in [2.24, 2.45) is 0 Å². The fourth-order valence-corrected chi connectivity index (χ4v) is 2.66. The number of benzene rings is 1. The van der Waals surface area contributed by atoms with Gasteiger partial charge in [0.1, 0.15) is 11.5 Å². The molecule has 1 aromatic rings. The molecule has 120 valence electrons. The number of phenols is 2. The number of likely N-dealkylation sites (tertiary alicyclic amines) is 1. The molecule has 2 amide bonds. The monoisotopic (exact) mass is 306 g/mol. The maximum absolute atomic E-state index is 12.4. The van der Waals surface area contributed by atoms with Gasteiger partial charge < -0.3 is 20.4 Å². The topological polar surface area (TPSA) is 89.9 Å². The van der Waals surface area contributed by atoms with Crippen LogP contribution in [0.15, 0.2) is 18.2 Å². The lowest BCUT2D eigenvalue weighted by Gasteiger charge is -2.32. The molecule has 1 aliphatic heterocycles. The van der Waals surface area contributed by atoms with Crippen LogP contribution < -0.4 is 5.32 Å². The van der Waals surface area contributed by atoms with E-state index in [0.29, 0.717) is 32.4 Å². The molecule has 0 radical (unpaired) electrons. The number of hydrogen-bond acceptors (Lipinski definition) is 4. The van der Waals surface area contributed by atoms with Crippen LogP contribution in [-0.2, 0) is 4.79 Å². The van der Waals surface area contributed by atoms with Crippen molar-refractivity contribution in [2.45, 2.75) is 38.6 Å². The van der Waals surface area contributed by atoms with E-state index in [1.54, 1.807) is 4.90 Å². The molecular formula is C16H22N2O4. The van der Waals surface area contributed by atoms with Crippen molar-refractivity contribution >= 4 is 11.8 Å². The quantitative estimate of drug-likeness (QED) is 0.788. The lowest BCUT2D eigenvalue weighted by Crippen LogP contribution is -2.46. The van der Waals surface area contributed by atoms with Crippen molar-refractivity contribution in [3.05, 3.63) is 23.8 Å². The van der Waals surface area contributed by atoms with Gasteiger partial charge in [-0.3, -0.25) is 9.59 Å². The van der Waals surface area contributed by atoms with Gasteiger partial charge in [0.2, 0.25) is 5.91 Å². The Labute approximate surface area is 129 Å². The number of rotatable bonds is 4. The maximum Gasteiger partial charge on any atom is 0.254 e. The van der Waals surface area contributed by atoms with Crippen LogP contribution in [0, 0.1) is 0 Å². The number of carbonyl (C=O) groups excluding carboxylic acids is 2. The summed E-state index contributed by atoms with van der Waals surface area (Å²) in [7, 11) is 0. The molecule has 0 unspecified atom stereocenters. The first-order valence-electron chi connectivity index (χ1n) is 7.61. The SMILES string of the molecule is CCCC(=O)NC1CCN(C(=O)c2cc(O)cc(O)c2)CC1. The minimum atomic E-state index is -0.218. The van der Waals surface area contributed by atoms with Gasteiger partial charge in [0.25, 0.3) is 5.91 Å². The number of carbonyl (C=O) groups is 2. The smallest absolute Gasteiger partial charge is 0.254 e. The molecule has 0 atom stereocenters. The Morgan fingerprint density at radius 1 is 1.18 bits per heavy atom. The first-order chi connectivity index (χ1) is 10.5. The van der Waals surface area contributed by atoms with Crippen LogP contribution in [0.25, 0.3) is 0 Å². The Kier molecular flexibility index (Phi) is 5.25. The third kappa shape index (κ3) is 4.13. The predicted octanol–water partition coefficient (Wildman–Crippen LogP) is 1.62. The van der Waals surface area contributed by atoms with Gasteiger partial charge in [0, 0.05) is 37.2 Å². The van der Waals surface area contributed by atoms with Crippen LogP contribution in [0.4, 0.5) is 0 Å². The first-order valence-corrected chi connectivity index (χ1v) is 7.61. The van der Waals surface area contributed by atoms with Crippen LogP contribution in [0.2, 0.25) is 0 Å². The van der Waals surface area contributed by atoms with E-state index in [0.717, 1.165) is 6.42 Å². The summed E-state index contributed by atoms with van der Waals surface area (Å²) in [6.45, 7) is 3.06. The Balaban J connectivity index is 1.91. The van der Waals surface area contributed by atoms with E-state index in [1.165, 1.54) is 18.2 Å². The minimum absolute atomic E-state index is 0.0604. The van der Waals surface area contributed by atoms with Crippen molar-refractivity contribution in [3.63, 3.8) is 0 Å². The normalized spacial score (nSPS) is 15.6. The van der Waals surface area contributed by atoms with Crippen molar-refractivity contribution < 1.29 is 19.8 Å². The zero-order valence-corrected chi connectivity index (χ0v) is 12.7. The second-order valence-electron chi connectivity index (χ2n) is 5.62. The number of hydrogen-bond donors (Lipinski definition) is 3. The summed E-state index contributed by atoms with van der Waals surface area (Å²) in [5.74, 6) is -0.426. The van der Waals surface area contributed by atoms with Crippen molar-refractivity contribution in [3.8, 4) is 11.5 Å². The van der Waals surface area contributed by atoms with E-state index in [1.807, 2.05) is 6.92 Å². The predicted molar refractivity (Wildman–Crippen MR) is 81.7 cm³/mol. The fourth-order valence-electron chi connectivity index (χ4n) is 2.66. The molecule has 1 aliphatic rings. The molecule has 0 bridgehead atoms. The van der Waals surface area contributed by atoms with Gasteiger partial charge in [-0.15, -0.1) is 0 Å². The minimum Gasteiger partial charge on any atom is -0.508 e. The molecule has 0 aliphatic carbocycles. The second kappa shape index (κ2) is 7.15. The summed E-state index contributed by atoms with van der Waals surface area (Å²) in [5.41, 5.74) is 0.269. The Morgan fingerprint density at radius 2 is 1.77 bits per heavy atom. The summed E-state index contributed by atoms with van der Waals surface area (Å²) in [6, 6.07) is 3.99. The van der Waals surface area contributed by atoms with E-state index in [2.05, 4.69) is 5.32 Å². The van der Waals surface area contributed by atoms with E-state index >= 15 is 0 Å². The molecule has 6 heteroatoms. The van der Waals surface area contributed by atoms with Crippen molar-refractivity contribution in [1.29, 1.82) is 0 Å². The summed E-state index contributed by atoms with van der Waals surface area (Å²) in [5, 5.41) is 21.9. The van der Waals surface area contributed by atoms with E-state index in [4.69, 9.17) is 0 Å². The number of nitrogens with zero attached hydrogens (tertiary/aromatic N) is 1. The summed E-state index contributed by atoms with van der Waals surface area (Å²) < 4.78 is 0. The number of piperidine rings is 1. The van der Waals surface area contributed by atoms with Crippen LogP contribution in [0.3, 0.4) is 0 Å². The molecule has 0 spiro atoms. The van der Waals surface area contributed by atoms with Crippen LogP contribution in [0.5, 0.6) is 11.5 Å². The third-order valence-corrected chi connectivity index (χ3v) is 3.77. The van der Waals surface area contributed by atoms with E-state index < -0.39 is 0 Å². The highest BCUT2D eigenvalue weighted by Crippen LogP contribution is 2.22. The van der Waals surface area contributed by atoms with Gasteiger partial charge in [-0.05, 0) is 31.4 Å². The Bertz CT molecular complexity index is 531. The van der Waals surface area contributed by atoms with Crippen LogP contribution in [-0.4, -0.2) is 46.1 Å². The molecule has 1 heterocycles. The van der Waals surface area contributed by atoms with E-state index in [9.17, 15) is 19.8 Å². The zero-order chi connectivity index (χ0) is 16.1.